The number of hydrogen-bond acceptors (Lipinski definition) is 4. The van der Waals surface area contributed by atoms with Crippen molar-refractivity contribution in [2.24, 2.45) is 0 Å². The van der Waals surface area contributed by atoms with Gasteiger partial charge in [-0.2, -0.15) is 5.10 Å². The van der Waals surface area contributed by atoms with Gasteiger partial charge in [-0.05, 0) is 44.4 Å². The monoisotopic (exact) mass is 322 g/mol. The Morgan fingerprint density at radius 1 is 1.38 bits per heavy atom. The fourth-order valence-electron chi connectivity index (χ4n) is 3.24. The molecule has 0 radical (unpaired) electrons. The number of carbonyl (C=O) groups is 1. The lowest BCUT2D eigenvalue weighted by molar-refractivity contribution is 0.0931. The van der Waals surface area contributed by atoms with Crippen molar-refractivity contribution in [2.45, 2.75) is 32.2 Å². The predicted molar refractivity (Wildman–Crippen MR) is 87.9 cm³/mol. The molecule has 6 nitrogen and oxygen atoms in total. The molecule has 0 saturated carbocycles. The number of nitrogens with zero attached hydrogens (tertiary/aromatic N) is 3. The quantitative estimate of drug-likeness (QED) is 0.804. The molecule has 1 amide bonds. The molecule has 0 bridgehead atoms. The van der Waals surface area contributed by atoms with Gasteiger partial charge in [0.15, 0.2) is 5.82 Å². The molecule has 3 aromatic rings. The van der Waals surface area contributed by atoms with Crippen LogP contribution in [-0.4, -0.2) is 20.7 Å². The highest BCUT2D eigenvalue weighted by Crippen LogP contribution is 2.31. The van der Waals surface area contributed by atoms with Crippen molar-refractivity contribution in [2.75, 3.05) is 0 Å². The number of aryl methyl sites for hydroxylation is 1. The van der Waals surface area contributed by atoms with E-state index in [0.717, 1.165) is 36.3 Å². The number of amides is 1. The minimum Gasteiger partial charge on any atom is -0.469 e. The molecule has 1 atom stereocenters. The van der Waals surface area contributed by atoms with Crippen LogP contribution in [0.2, 0.25) is 0 Å². The summed E-state index contributed by atoms with van der Waals surface area (Å²) in [5.41, 5.74) is 2.77. The summed E-state index contributed by atoms with van der Waals surface area (Å²) in [5.74, 6) is 1.33. The number of aromatic nitrogens is 3. The molecule has 24 heavy (non-hydrogen) atoms. The molecule has 4 rings (SSSR count). The normalized spacial score (nSPS) is 16.6. The second-order valence-electron chi connectivity index (χ2n) is 5.96. The first-order valence-corrected chi connectivity index (χ1v) is 8.07. The van der Waals surface area contributed by atoms with E-state index in [-0.39, 0.29) is 11.9 Å². The SMILES string of the molecule is Cc1occc1C(=O)N[C@@H]1CCCc2c1cnn2-c1ccccn1. The van der Waals surface area contributed by atoms with Crippen molar-refractivity contribution in [3.8, 4) is 5.82 Å². The maximum absolute atomic E-state index is 12.5. The number of nitrogens with one attached hydrogen (secondary N) is 1. The van der Waals surface area contributed by atoms with Crippen LogP contribution in [0.15, 0.2) is 47.3 Å². The third-order valence-electron chi connectivity index (χ3n) is 4.46. The number of furan rings is 1. The number of hydrogen-bond donors (Lipinski definition) is 1. The van der Waals surface area contributed by atoms with Crippen molar-refractivity contribution in [3.05, 3.63) is 65.5 Å². The summed E-state index contributed by atoms with van der Waals surface area (Å²) in [5, 5.41) is 7.60. The number of pyridine rings is 1. The second-order valence-corrected chi connectivity index (χ2v) is 5.96. The molecule has 1 N–H and O–H groups in total. The zero-order chi connectivity index (χ0) is 16.5. The Morgan fingerprint density at radius 3 is 3.04 bits per heavy atom. The summed E-state index contributed by atoms with van der Waals surface area (Å²) >= 11 is 0. The smallest absolute Gasteiger partial charge is 0.255 e. The lowest BCUT2D eigenvalue weighted by Crippen LogP contribution is -2.31. The molecule has 0 unspecified atom stereocenters. The van der Waals surface area contributed by atoms with E-state index in [1.165, 1.54) is 6.26 Å². The first-order chi connectivity index (χ1) is 11.7. The highest BCUT2D eigenvalue weighted by Gasteiger charge is 2.27. The molecular formula is C18H18N4O2. The van der Waals surface area contributed by atoms with E-state index in [0.29, 0.717) is 11.3 Å². The third-order valence-corrected chi connectivity index (χ3v) is 4.46. The second kappa shape index (κ2) is 5.96. The lowest BCUT2D eigenvalue weighted by Gasteiger charge is -2.24. The van der Waals surface area contributed by atoms with Crippen molar-refractivity contribution < 1.29 is 9.21 Å². The molecule has 6 heteroatoms. The topological polar surface area (TPSA) is 73.0 Å². The maximum atomic E-state index is 12.5. The zero-order valence-corrected chi connectivity index (χ0v) is 13.4. The number of carbonyl (C=O) groups excluding carboxylic acids is 1. The van der Waals surface area contributed by atoms with Crippen LogP contribution in [-0.2, 0) is 6.42 Å². The maximum Gasteiger partial charge on any atom is 0.255 e. The van der Waals surface area contributed by atoms with Gasteiger partial charge in [0.1, 0.15) is 5.76 Å². The highest BCUT2D eigenvalue weighted by atomic mass is 16.3. The zero-order valence-electron chi connectivity index (χ0n) is 13.4. The first kappa shape index (κ1) is 14.7. The summed E-state index contributed by atoms with van der Waals surface area (Å²) in [7, 11) is 0. The van der Waals surface area contributed by atoms with Crippen molar-refractivity contribution >= 4 is 5.91 Å². The molecule has 0 fully saturated rings. The van der Waals surface area contributed by atoms with Crippen molar-refractivity contribution in [1.29, 1.82) is 0 Å². The Kier molecular flexibility index (Phi) is 3.65. The summed E-state index contributed by atoms with van der Waals surface area (Å²) in [6.45, 7) is 1.79. The molecule has 1 aliphatic carbocycles. The molecule has 0 aromatic carbocycles. The van der Waals surface area contributed by atoms with E-state index < -0.39 is 0 Å². The van der Waals surface area contributed by atoms with Crippen LogP contribution in [0.5, 0.6) is 0 Å². The van der Waals surface area contributed by atoms with E-state index >= 15 is 0 Å². The van der Waals surface area contributed by atoms with Gasteiger partial charge in [0.05, 0.1) is 29.8 Å². The first-order valence-electron chi connectivity index (χ1n) is 8.07. The minimum atomic E-state index is -0.107. The van der Waals surface area contributed by atoms with Gasteiger partial charge in [-0.3, -0.25) is 4.79 Å². The summed E-state index contributed by atoms with van der Waals surface area (Å²) in [6.07, 6.45) is 7.98. The van der Waals surface area contributed by atoms with E-state index in [2.05, 4.69) is 15.4 Å². The molecule has 122 valence electrons. The van der Waals surface area contributed by atoms with Gasteiger partial charge in [-0.25, -0.2) is 9.67 Å². The summed E-state index contributed by atoms with van der Waals surface area (Å²) in [4.78, 5) is 16.8. The van der Waals surface area contributed by atoms with E-state index in [9.17, 15) is 4.79 Å². The third kappa shape index (κ3) is 2.50. The Hall–Kier alpha value is -2.89. The van der Waals surface area contributed by atoms with Gasteiger partial charge >= 0.3 is 0 Å². The van der Waals surface area contributed by atoms with Crippen LogP contribution in [0.4, 0.5) is 0 Å². The summed E-state index contributed by atoms with van der Waals surface area (Å²) in [6, 6.07) is 7.43. The average molecular weight is 322 g/mol. The number of rotatable bonds is 3. The minimum absolute atomic E-state index is 0.0342. The van der Waals surface area contributed by atoms with E-state index in [1.54, 1.807) is 19.2 Å². The predicted octanol–water partition coefficient (Wildman–Crippen LogP) is 2.98. The van der Waals surface area contributed by atoms with Gasteiger partial charge in [0.25, 0.3) is 5.91 Å². The molecule has 1 aliphatic rings. The van der Waals surface area contributed by atoms with Crippen LogP contribution in [0.3, 0.4) is 0 Å². The number of fused-ring (bicyclic) bond motifs is 1. The van der Waals surface area contributed by atoms with Crippen LogP contribution in [0.25, 0.3) is 5.82 Å². The van der Waals surface area contributed by atoms with E-state index in [4.69, 9.17) is 4.42 Å². The van der Waals surface area contributed by atoms with Crippen molar-refractivity contribution in [3.63, 3.8) is 0 Å². The Labute approximate surface area is 139 Å². The molecule has 3 aromatic heterocycles. The van der Waals surface area contributed by atoms with Gasteiger partial charge < -0.3 is 9.73 Å². The molecule has 3 heterocycles. The average Bonchev–Trinajstić information content (AvgIpc) is 3.22. The Balaban J connectivity index is 1.62. The van der Waals surface area contributed by atoms with Crippen molar-refractivity contribution in [1.82, 2.24) is 20.1 Å². The molecular weight excluding hydrogens is 304 g/mol. The Bertz CT molecular complexity index is 866. The van der Waals surface area contributed by atoms with E-state index in [1.807, 2.05) is 29.1 Å². The van der Waals surface area contributed by atoms with Gasteiger partial charge in [-0.15, -0.1) is 0 Å². The molecule has 0 saturated heterocycles. The van der Waals surface area contributed by atoms with Gasteiger partial charge in [0, 0.05) is 11.8 Å². The molecule has 0 aliphatic heterocycles. The lowest BCUT2D eigenvalue weighted by atomic mass is 9.92. The highest BCUT2D eigenvalue weighted by molar-refractivity contribution is 5.95. The van der Waals surface area contributed by atoms with Crippen LogP contribution >= 0.6 is 0 Å². The van der Waals surface area contributed by atoms with Gasteiger partial charge in [-0.1, -0.05) is 6.07 Å². The summed E-state index contributed by atoms with van der Waals surface area (Å²) < 4.78 is 7.09. The van der Waals surface area contributed by atoms with Crippen LogP contribution < -0.4 is 5.32 Å². The standard InChI is InChI=1S/C18H18N4O2/c1-12-13(8-10-24-12)18(23)21-15-5-4-6-16-14(15)11-20-22(16)17-7-2-3-9-19-17/h2-3,7-11,15H,4-6H2,1H3,(H,21,23)/t15-/m1/s1. The fraction of sp³-hybridized carbons (Fsp3) is 0.278. The van der Waals surface area contributed by atoms with Crippen LogP contribution in [0, 0.1) is 6.92 Å². The van der Waals surface area contributed by atoms with Gasteiger partial charge in [0.2, 0.25) is 0 Å². The largest absolute Gasteiger partial charge is 0.469 e. The Morgan fingerprint density at radius 2 is 2.29 bits per heavy atom. The fourth-order valence-corrected chi connectivity index (χ4v) is 3.24. The van der Waals surface area contributed by atoms with Crippen LogP contribution in [0.1, 0.15) is 46.3 Å². The molecule has 0 spiro atoms.